The highest BCUT2D eigenvalue weighted by atomic mass is 16.7. The molecule has 9 heteroatoms. The summed E-state index contributed by atoms with van der Waals surface area (Å²) in [6, 6.07) is 0. The van der Waals surface area contributed by atoms with E-state index in [1.165, 1.54) is 128 Å². The van der Waals surface area contributed by atoms with Crippen LogP contribution in [0.15, 0.2) is 0 Å². The highest BCUT2D eigenvalue weighted by Crippen LogP contribution is 2.23. The molecule has 9 nitrogen and oxygen atoms in total. The van der Waals surface area contributed by atoms with Crippen molar-refractivity contribution in [2.75, 3.05) is 13.2 Å². The molecule has 0 bridgehead atoms. The highest BCUT2D eigenvalue weighted by molar-refractivity contribution is 4.88. The van der Waals surface area contributed by atoms with Gasteiger partial charge in [-0.05, 0) is 32.6 Å². The Bertz CT molecular complexity index is 665. The predicted molar refractivity (Wildman–Crippen MR) is 188 cm³/mol. The molecule has 1 aliphatic heterocycles. The van der Waals surface area contributed by atoms with Crippen molar-refractivity contribution in [2.24, 2.45) is 0 Å². The van der Waals surface area contributed by atoms with Gasteiger partial charge >= 0.3 is 0 Å². The number of hydrogen-bond acceptors (Lipinski definition) is 9. The Labute approximate surface area is 287 Å². The number of ether oxygens (including phenoxy) is 2. The smallest absolute Gasteiger partial charge is 0.186 e. The highest BCUT2D eigenvalue weighted by Gasteiger charge is 2.43. The lowest BCUT2D eigenvalue weighted by atomic mass is 9.99. The van der Waals surface area contributed by atoms with E-state index >= 15 is 0 Å². The molecule has 1 aliphatic rings. The van der Waals surface area contributed by atoms with Crippen LogP contribution in [0.4, 0.5) is 0 Å². The molecule has 282 valence electrons. The second kappa shape index (κ2) is 30.5. The Kier molecular flexibility index (Phi) is 28.9. The molecule has 1 fully saturated rings. The molecule has 0 aliphatic carbocycles. The van der Waals surface area contributed by atoms with Gasteiger partial charge in [0.05, 0.1) is 31.5 Å². The Morgan fingerprint density at radius 1 is 0.489 bits per heavy atom. The fourth-order valence-electron chi connectivity index (χ4n) is 6.65. The number of aliphatic hydroxyl groups is 7. The number of hydrogen-bond donors (Lipinski definition) is 7. The lowest BCUT2D eigenvalue weighted by molar-refractivity contribution is -0.301. The predicted octanol–water partition coefficient (Wildman–Crippen LogP) is 6.44. The first-order chi connectivity index (χ1) is 22.8. The summed E-state index contributed by atoms with van der Waals surface area (Å²) in [5, 5.41) is 68.1. The molecule has 0 spiro atoms. The van der Waals surface area contributed by atoms with E-state index in [2.05, 4.69) is 0 Å². The van der Waals surface area contributed by atoms with Gasteiger partial charge in [-0.1, -0.05) is 148 Å². The normalized spacial score (nSPS) is 23.6. The third-order valence-electron chi connectivity index (χ3n) is 9.77. The van der Waals surface area contributed by atoms with Gasteiger partial charge in [-0.15, -0.1) is 0 Å². The lowest BCUT2D eigenvalue weighted by Gasteiger charge is -2.39. The topological polar surface area (TPSA) is 160 Å². The maximum atomic E-state index is 10.2. The van der Waals surface area contributed by atoms with E-state index in [0.29, 0.717) is 19.3 Å². The van der Waals surface area contributed by atoms with Crippen LogP contribution in [0.2, 0.25) is 0 Å². The second-order valence-corrected chi connectivity index (χ2v) is 14.5. The van der Waals surface area contributed by atoms with Crippen molar-refractivity contribution in [3.05, 3.63) is 0 Å². The first-order valence-electron chi connectivity index (χ1n) is 19.7. The summed E-state index contributed by atoms with van der Waals surface area (Å²) in [6.45, 7) is 1.41. The maximum Gasteiger partial charge on any atom is 0.186 e. The minimum Gasteiger partial charge on any atom is -0.394 e. The van der Waals surface area contributed by atoms with Crippen LogP contribution in [-0.4, -0.2) is 98.0 Å². The van der Waals surface area contributed by atoms with Crippen molar-refractivity contribution in [2.45, 2.75) is 229 Å². The molecule has 1 heterocycles. The Hall–Kier alpha value is -0.360. The number of aliphatic hydroxyl groups excluding tert-OH is 7. The van der Waals surface area contributed by atoms with Crippen LogP contribution < -0.4 is 0 Å². The van der Waals surface area contributed by atoms with E-state index in [1.807, 2.05) is 0 Å². The van der Waals surface area contributed by atoms with Crippen LogP contribution in [-0.2, 0) is 9.47 Å². The molecule has 8 atom stereocenters. The van der Waals surface area contributed by atoms with Gasteiger partial charge in [0.2, 0.25) is 0 Å². The fourth-order valence-corrected chi connectivity index (χ4v) is 6.65. The molecule has 1 rings (SSSR count). The van der Waals surface area contributed by atoms with Gasteiger partial charge in [0.1, 0.15) is 24.4 Å². The molecule has 0 saturated carbocycles. The number of unbranched alkanes of at least 4 members (excludes halogenated alkanes) is 22. The average Bonchev–Trinajstić information content (AvgIpc) is 3.04. The van der Waals surface area contributed by atoms with Crippen molar-refractivity contribution in [3.8, 4) is 0 Å². The van der Waals surface area contributed by atoms with Crippen molar-refractivity contribution in [1.29, 1.82) is 0 Å². The van der Waals surface area contributed by atoms with Gasteiger partial charge in [-0.25, -0.2) is 0 Å². The Balaban J connectivity index is 1.75. The lowest BCUT2D eigenvalue weighted by Crippen LogP contribution is -2.59. The Morgan fingerprint density at radius 2 is 0.851 bits per heavy atom. The van der Waals surface area contributed by atoms with Crippen LogP contribution in [0.25, 0.3) is 0 Å². The van der Waals surface area contributed by atoms with Crippen LogP contribution in [0, 0.1) is 0 Å². The monoisotopic (exact) mass is 677 g/mol. The summed E-state index contributed by atoms with van der Waals surface area (Å²) < 4.78 is 10.8. The first-order valence-corrected chi connectivity index (χ1v) is 19.7. The van der Waals surface area contributed by atoms with E-state index < -0.39 is 49.5 Å². The summed E-state index contributed by atoms with van der Waals surface area (Å²) in [7, 11) is 0. The molecule has 0 aromatic rings. The molecule has 0 amide bonds. The van der Waals surface area contributed by atoms with Crippen molar-refractivity contribution < 1.29 is 45.2 Å². The third kappa shape index (κ3) is 24.4. The maximum absolute atomic E-state index is 10.2. The summed E-state index contributed by atoms with van der Waals surface area (Å²) in [5.41, 5.74) is 0. The van der Waals surface area contributed by atoms with Crippen LogP contribution >= 0.6 is 0 Å². The molecular weight excluding hydrogens is 600 g/mol. The van der Waals surface area contributed by atoms with Gasteiger partial charge in [0, 0.05) is 0 Å². The van der Waals surface area contributed by atoms with Gasteiger partial charge in [0.25, 0.3) is 0 Å². The van der Waals surface area contributed by atoms with Crippen molar-refractivity contribution in [3.63, 3.8) is 0 Å². The second-order valence-electron chi connectivity index (χ2n) is 14.5. The van der Waals surface area contributed by atoms with E-state index in [4.69, 9.17) is 9.47 Å². The molecule has 0 aromatic heterocycles. The van der Waals surface area contributed by atoms with E-state index in [9.17, 15) is 35.7 Å². The van der Waals surface area contributed by atoms with Gasteiger partial charge in [-0.2, -0.15) is 0 Å². The zero-order chi connectivity index (χ0) is 34.5. The molecule has 47 heavy (non-hydrogen) atoms. The summed E-state index contributed by atoms with van der Waals surface area (Å²) in [5.74, 6) is 0. The summed E-state index contributed by atoms with van der Waals surface area (Å²) in [6.07, 6.45) is 24.8. The van der Waals surface area contributed by atoms with Crippen LogP contribution in [0.3, 0.4) is 0 Å². The summed E-state index contributed by atoms with van der Waals surface area (Å²) >= 11 is 0. The largest absolute Gasteiger partial charge is 0.394 e. The zero-order valence-electron chi connectivity index (χ0n) is 30.1. The summed E-state index contributed by atoms with van der Waals surface area (Å²) in [4.78, 5) is 0. The average molecular weight is 677 g/mol. The zero-order valence-corrected chi connectivity index (χ0v) is 30.1. The van der Waals surface area contributed by atoms with E-state index in [1.54, 1.807) is 6.92 Å². The standard InChI is InChI=1S/C38H76O9/c1-31(40)29-33(42)26-24-22-20-18-16-14-12-10-8-6-4-2-3-5-7-9-11-13-15-17-19-21-23-25-32(41)27-28-46-38-37(45)36(44)35(43)34(30-39)47-38/h31-45H,2-30H2,1H3/t31-,32-,33+,34-,35-,36+,37-,38+/m1/s1. The third-order valence-corrected chi connectivity index (χ3v) is 9.77. The van der Waals surface area contributed by atoms with Gasteiger partial charge < -0.3 is 45.2 Å². The molecular formula is C38H76O9. The fraction of sp³-hybridized carbons (Fsp3) is 1.00. The van der Waals surface area contributed by atoms with E-state index in [0.717, 1.165) is 25.7 Å². The van der Waals surface area contributed by atoms with Crippen molar-refractivity contribution >= 4 is 0 Å². The Morgan fingerprint density at radius 3 is 1.21 bits per heavy atom. The van der Waals surface area contributed by atoms with Gasteiger partial charge in [-0.3, -0.25) is 0 Å². The molecule has 0 radical (unpaired) electrons. The van der Waals surface area contributed by atoms with Crippen LogP contribution in [0.5, 0.6) is 0 Å². The SMILES string of the molecule is C[C@@H](O)C[C@@H](O)CCCCCCCCCCCCCCCCCCCCCCCCC[C@@H](O)CCO[C@H]1O[C@H](CO)[C@@H](O)[C@H](O)[C@H]1O. The minimum atomic E-state index is -1.45. The van der Waals surface area contributed by atoms with Gasteiger partial charge in [0.15, 0.2) is 6.29 Å². The minimum absolute atomic E-state index is 0.161. The van der Waals surface area contributed by atoms with Crippen LogP contribution in [0.1, 0.15) is 180 Å². The first kappa shape index (κ1) is 44.7. The van der Waals surface area contributed by atoms with Crippen molar-refractivity contribution in [1.82, 2.24) is 0 Å². The molecule has 0 aromatic carbocycles. The number of rotatable bonds is 33. The van der Waals surface area contributed by atoms with E-state index in [-0.39, 0.29) is 12.7 Å². The molecule has 1 saturated heterocycles. The molecule has 0 unspecified atom stereocenters. The molecule has 7 N–H and O–H groups in total. The quantitative estimate of drug-likeness (QED) is 0.0388.